The van der Waals surface area contributed by atoms with Crippen LogP contribution < -0.4 is 11.1 Å². The summed E-state index contributed by atoms with van der Waals surface area (Å²) in [5.74, 6) is 0.480. The van der Waals surface area contributed by atoms with Crippen LogP contribution in [0.5, 0.6) is 0 Å². The van der Waals surface area contributed by atoms with Gasteiger partial charge in [0.2, 0.25) is 11.9 Å². The van der Waals surface area contributed by atoms with Crippen molar-refractivity contribution in [2.75, 3.05) is 18.9 Å². The molecular formula is C20H22N6O. The van der Waals surface area contributed by atoms with E-state index < -0.39 is 0 Å². The van der Waals surface area contributed by atoms with E-state index in [4.69, 9.17) is 5.73 Å². The summed E-state index contributed by atoms with van der Waals surface area (Å²) in [5, 5.41) is 3.19. The first-order valence-electron chi connectivity index (χ1n) is 8.64. The molecule has 7 heteroatoms. The lowest BCUT2D eigenvalue weighted by Crippen LogP contribution is -2.32. The van der Waals surface area contributed by atoms with E-state index in [-0.39, 0.29) is 12.5 Å². The summed E-state index contributed by atoms with van der Waals surface area (Å²) in [4.78, 5) is 26.0. The molecule has 0 saturated heterocycles. The molecule has 0 radical (unpaired) electrons. The second-order valence-corrected chi connectivity index (χ2v) is 6.16. The lowest BCUT2D eigenvalue weighted by molar-refractivity contribution is -0.128. The number of nitrogens with zero attached hydrogens (tertiary/aromatic N) is 4. The van der Waals surface area contributed by atoms with Gasteiger partial charge in [-0.25, -0.2) is 9.97 Å². The molecule has 0 aliphatic carbocycles. The number of amides is 1. The SMILES string of the molecule is CN(Cc1cccc(-c2cnc(NCc3ccncc3)nc2)c1)C(=O)CN. The first-order valence-corrected chi connectivity index (χ1v) is 8.64. The minimum Gasteiger partial charge on any atom is -0.350 e. The van der Waals surface area contributed by atoms with Crippen LogP contribution in [0, 0.1) is 0 Å². The van der Waals surface area contributed by atoms with Crippen molar-refractivity contribution in [1.29, 1.82) is 0 Å². The smallest absolute Gasteiger partial charge is 0.236 e. The molecule has 2 aromatic heterocycles. The Labute approximate surface area is 158 Å². The molecule has 3 aromatic rings. The molecule has 3 rings (SSSR count). The van der Waals surface area contributed by atoms with Crippen LogP contribution in [0.3, 0.4) is 0 Å². The largest absolute Gasteiger partial charge is 0.350 e. The average molecular weight is 362 g/mol. The summed E-state index contributed by atoms with van der Waals surface area (Å²) < 4.78 is 0. The summed E-state index contributed by atoms with van der Waals surface area (Å²) in [6, 6.07) is 11.9. The maximum atomic E-state index is 11.6. The molecule has 27 heavy (non-hydrogen) atoms. The summed E-state index contributed by atoms with van der Waals surface area (Å²) in [5.41, 5.74) is 9.46. The van der Waals surface area contributed by atoms with Crippen LogP contribution in [-0.4, -0.2) is 39.4 Å². The predicted molar refractivity (Wildman–Crippen MR) is 105 cm³/mol. The van der Waals surface area contributed by atoms with Crippen molar-refractivity contribution in [3.05, 3.63) is 72.3 Å². The molecule has 0 saturated carbocycles. The lowest BCUT2D eigenvalue weighted by atomic mass is 10.1. The highest BCUT2D eigenvalue weighted by Crippen LogP contribution is 2.20. The van der Waals surface area contributed by atoms with Crippen molar-refractivity contribution in [2.24, 2.45) is 5.73 Å². The van der Waals surface area contributed by atoms with Crippen molar-refractivity contribution >= 4 is 11.9 Å². The maximum absolute atomic E-state index is 11.6. The molecule has 0 unspecified atom stereocenters. The van der Waals surface area contributed by atoms with Gasteiger partial charge in [-0.3, -0.25) is 9.78 Å². The number of hydrogen-bond acceptors (Lipinski definition) is 6. The number of nitrogens with two attached hydrogens (primary N) is 1. The average Bonchev–Trinajstić information content (AvgIpc) is 2.73. The molecule has 1 aromatic carbocycles. The summed E-state index contributed by atoms with van der Waals surface area (Å²) in [6.07, 6.45) is 7.09. The minimum atomic E-state index is -0.0895. The molecule has 3 N–H and O–H groups in total. The van der Waals surface area contributed by atoms with E-state index in [9.17, 15) is 4.79 Å². The Balaban J connectivity index is 1.66. The van der Waals surface area contributed by atoms with Crippen LogP contribution in [0.15, 0.2) is 61.2 Å². The number of rotatable bonds is 7. The number of likely N-dealkylation sites (N-methyl/N-ethyl adjacent to an activating group) is 1. The van der Waals surface area contributed by atoms with Crippen molar-refractivity contribution < 1.29 is 4.79 Å². The van der Waals surface area contributed by atoms with Gasteiger partial charge in [0.1, 0.15) is 0 Å². The van der Waals surface area contributed by atoms with Gasteiger partial charge in [0, 0.05) is 50.5 Å². The molecule has 2 heterocycles. The Bertz CT molecular complexity index is 882. The summed E-state index contributed by atoms with van der Waals surface area (Å²) >= 11 is 0. The van der Waals surface area contributed by atoms with Gasteiger partial charge in [0.05, 0.1) is 6.54 Å². The van der Waals surface area contributed by atoms with Crippen LogP contribution in [0.4, 0.5) is 5.95 Å². The van der Waals surface area contributed by atoms with Crippen LogP contribution in [-0.2, 0) is 17.9 Å². The van der Waals surface area contributed by atoms with Crippen molar-refractivity contribution in [3.8, 4) is 11.1 Å². The minimum absolute atomic E-state index is 0.0119. The molecule has 0 fully saturated rings. The second kappa shape index (κ2) is 8.86. The van der Waals surface area contributed by atoms with Crippen LogP contribution in [0.2, 0.25) is 0 Å². The quantitative estimate of drug-likeness (QED) is 0.668. The van der Waals surface area contributed by atoms with Crippen molar-refractivity contribution in [2.45, 2.75) is 13.1 Å². The predicted octanol–water partition coefficient (Wildman–Crippen LogP) is 2.07. The molecule has 7 nitrogen and oxygen atoms in total. The zero-order valence-corrected chi connectivity index (χ0v) is 15.2. The number of benzene rings is 1. The van der Waals surface area contributed by atoms with Gasteiger partial charge in [-0.05, 0) is 34.9 Å². The van der Waals surface area contributed by atoms with E-state index in [2.05, 4.69) is 20.3 Å². The summed E-state index contributed by atoms with van der Waals surface area (Å²) in [6.45, 7) is 1.16. The number of nitrogens with one attached hydrogen (secondary N) is 1. The zero-order valence-electron chi connectivity index (χ0n) is 15.2. The highest BCUT2D eigenvalue weighted by molar-refractivity contribution is 5.77. The maximum Gasteiger partial charge on any atom is 0.236 e. The van der Waals surface area contributed by atoms with Gasteiger partial charge in [-0.1, -0.05) is 18.2 Å². The Morgan fingerprint density at radius 1 is 1.07 bits per heavy atom. The van der Waals surface area contributed by atoms with Gasteiger partial charge in [-0.15, -0.1) is 0 Å². The van der Waals surface area contributed by atoms with Crippen LogP contribution >= 0.6 is 0 Å². The van der Waals surface area contributed by atoms with Crippen molar-refractivity contribution in [3.63, 3.8) is 0 Å². The molecule has 0 aliphatic rings. The number of pyridine rings is 1. The molecular weight excluding hydrogens is 340 g/mol. The highest BCUT2D eigenvalue weighted by Gasteiger charge is 2.08. The standard InChI is InChI=1S/C20H22N6O/c1-26(19(27)10-21)14-16-3-2-4-17(9-16)18-12-24-20(25-13-18)23-11-15-5-7-22-8-6-15/h2-9,12-13H,10-11,14,21H2,1H3,(H,23,24,25). The Morgan fingerprint density at radius 3 is 2.52 bits per heavy atom. The normalized spacial score (nSPS) is 10.4. The number of carbonyl (C=O) groups excluding carboxylic acids is 1. The monoisotopic (exact) mass is 362 g/mol. The highest BCUT2D eigenvalue weighted by atomic mass is 16.2. The Morgan fingerprint density at radius 2 is 1.81 bits per heavy atom. The van der Waals surface area contributed by atoms with Crippen LogP contribution in [0.1, 0.15) is 11.1 Å². The number of hydrogen-bond donors (Lipinski definition) is 2. The van der Waals surface area contributed by atoms with Gasteiger partial charge in [-0.2, -0.15) is 0 Å². The Hall–Kier alpha value is -3.32. The number of aromatic nitrogens is 3. The molecule has 138 valence electrons. The first kappa shape index (κ1) is 18.5. The van der Waals surface area contributed by atoms with E-state index >= 15 is 0 Å². The van der Waals surface area contributed by atoms with E-state index in [0.717, 1.165) is 22.3 Å². The van der Waals surface area contributed by atoms with Gasteiger partial charge < -0.3 is 16.0 Å². The van der Waals surface area contributed by atoms with Crippen LogP contribution in [0.25, 0.3) is 11.1 Å². The lowest BCUT2D eigenvalue weighted by Gasteiger charge is -2.16. The van der Waals surface area contributed by atoms with Gasteiger partial charge in [0.25, 0.3) is 0 Å². The first-order chi connectivity index (χ1) is 13.2. The third-order valence-electron chi connectivity index (χ3n) is 4.13. The fraction of sp³-hybridized carbons (Fsp3) is 0.200. The van der Waals surface area contributed by atoms with Gasteiger partial charge >= 0.3 is 0 Å². The van der Waals surface area contributed by atoms with E-state index in [1.807, 2.05) is 36.4 Å². The van der Waals surface area contributed by atoms with E-state index in [1.54, 1.807) is 36.7 Å². The molecule has 0 atom stereocenters. The van der Waals surface area contributed by atoms with Crippen molar-refractivity contribution in [1.82, 2.24) is 19.9 Å². The second-order valence-electron chi connectivity index (χ2n) is 6.16. The zero-order chi connectivity index (χ0) is 19.1. The number of anilines is 1. The molecule has 0 bridgehead atoms. The topological polar surface area (TPSA) is 97.0 Å². The van der Waals surface area contributed by atoms with Gasteiger partial charge in [0.15, 0.2) is 0 Å². The third kappa shape index (κ3) is 5.08. The fourth-order valence-corrected chi connectivity index (χ4v) is 2.62. The summed E-state index contributed by atoms with van der Waals surface area (Å²) in [7, 11) is 1.74. The molecule has 0 spiro atoms. The number of carbonyl (C=O) groups is 1. The molecule has 0 aliphatic heterocycles. The Kier molecular flexibility index (Phi) is 6.06. The van der Waals surface area contributed by atoms with E-state index in [0.29, 0.717) is 19.0 Å². The van der Waals surface area contributed by atoms with E-state index in [1.165, 1.54) is 0 Å². The molecule has 1 amide bonds. The third-order valence-corrected chi connectivity index (χ3v) is 4.13. The fourth-order valence-electron chi connectivity index (χ4n) is 2.62.